The summed E-state index contributed by atoms with van der Waals surface area (Å²) < 4.78 is 99.1. The monoisotopic (exact) mass is 274 g/mol. The second-order valence-corrected chi connectivity index (χ2v) is 3.04. The summed E-state index contributed by atoms with van der Waals surface area (Å²) in [5.74, 6) is -21.1. The van der Waals surface area contributed by atoms with Crippen LogP contribution >= 0.6 is 0 Å². The number of carboxylic acids is 1. The largest absolute Gasteiger partial charge is 0.479 e. The molecule has 2 nitrogen and oxygen atoms in total. The molecular weight excluding hydrogens is 268 g/mol. The zero-order valence-corrected chi connectivity index (χ0v) is 7.87. The van der Waals surface area contributed by atoms with Crippen molar-refractivity contribution in [3.63, 3.8) is 0 Å². The number of alkyl halides is 8. The van der Waals surface area contributed by atoms with E-state index in [0.717, 1.165) is 0 Å². The summed E-state index contributed by atoms with van der Waals surface area (Å²) in [5.41, 5.74) is 0. The summed E-state index contributed by atoms with van der Waals surface area (Å²) in [6.07, 6.45) is -6.80. The van der Waals surface area contributed by atoms with Crippen LogP contribution in [0.2, 0.25) is 0 Å². The van der Waals surface area contributed by atoms with E-state index < -0.39 is 43.0 Å². The van der Waals surface area contributed by atoms with E-state index in [2.05, 4.69) is 0 Å². The smallest absolute Gasteiger partial charge is 0.375 e. The fraction of sp³-hybridized carbons (Fsp3) is 0.857. The molecule has 10 heteroatoms. The first-order chi connectivity index (χ1) is 7.41. The third-order valence-electron chi connectivity index (χ3n) is 1.82. The van der Waals surface area contributed by atoms with Gasteiger partial charge in [0.2, 0.25) is 0 Å². The van der Waals surface area contributed by atoms with Crippen LogP contribution in [0.25, 0.3) is 0 Å². The van der Waals surface area contributed by atoms with Gasteiger partial charge in [-0.1, -0.05) is 0 Å². The Kier molecular flexibility index (Phi) is 4.35. The molecular formula is C7H6F8O2. The van der Waals surface area contributed by atoms with Crippen LogP contribution in [0.5, 0.6) is 0 Å². The van der Waals surface area contributed by atoms with Gasteiger partial charge < -0.3 is 5.11 Å². The Morgan fingerprint density at radius 2 is 1.53 bits per heavy atom. The number of halogens is 8. The van der Waals surface area contributed by atoms with Gasteiger partial charge in [0.25, 0.3) is 6.17 Å². The minimum atomic E-state index is -6.32. The van der Waals surface area contributed by atoms with Crippen LogP contribution in [0, 0.1) is 0 Å². The molecule has 0 heterocycles. The van der Waals surface area contributed by atoms with Crippen molar-refractivity contribution in [3.05, 3.63) is 0 Å². The first-order valence-electron chi connectivity index (χ1n) is 3.98. The number of carboxylic acid groups (broad SMARTS) is 1. The number of rotatable bonds is 6. The van der Waals surface area contributed by atoms with Crippen LogP contribution < -0.4 is 0 Å². The number of aliphatic carboxylic acids is 1. The van der Waals surface area contributed by atoms with Crippen molar-refractivity contribution in [2.75, 3.05) is 6.67 Å². The zero-order valence-electron chi connectivity index (χ0n) is 7.87. The van der Waals surface area contributed by atoms with Gasteiger partial charge in [-0.05, 0) is 0 Å². The Hall–Kier alpha value is -1.09. The van der Waals surface area contributed by atoms with E-state index in [4.69, 9.17) is 5.11 Å². The molecule has 0 aliphatic heterocycles. The average molecular weight is 274 g/mol. The lowest BCUT2D eigenvalue weighted by molar-refractivity contribution is -0.324. The van der Waals surface area contributed by atoms with Gasteiger partial charge in [-0.3, -0.25) is 4.39 Å². The molecule has 0 saturated carbocycles. The molecule has 0 radical (unpaired) electrons. The topological polar surface area (TPSA) is 37.3 Å². The van der Waals surface area contributed by atoms with Gasteiger partial charge in [0.15, 0.2) is 0 Å². The molecule has 17 heavy (non-hydrogen) atoms. The van der Waals surface area contributed by atoms with Crippen molar-refractivity contribution in [1.82, 2.24) is 0 Å². The maximum Gasteiger partial charge on any atom is 0.375 e. The van der Waals surface area contributed by atoms with Crippen LogP contribution in [0.1, 0.15) is 6.42 Å². The van der Waals surface area contributed by atoms with Crippen LogP contribution in [0.4, 0.5) is 35.1 Å². The van der Waals surface area contributed by atoms with Crippen molar-refractivity contribution < 1.29 is 45.0 Å². The van der Waals surface area contributed by atoms with Crippen LogP contribution in [-0.2, 0) is 4.79 Å². The second kappa shape index (κ2) is 4.65. The highest BCUT2D eigenvalue weighted by Crippen LogP contribution is 2.49. The van der Waals surface area contributed by atoms with Crippen molar-refractivity contribution in [2.45, 2.75) is 30.4 Å². The molecule has 0 aliphatic carbocycles. The fourth-order valence-corrected chi connectivity index (χ4v) is 0.834. The summed E-state index contributed by atoms with van der Waals surface area (Å²) in [6, 6.07) is 0. The Balaban J connectivity index is 5.35. The summed E-state index contributed by atoms with van der Waals surface area (Å²) in [7, 11) is 0. The minimum Gasteiger partial charge on any atom is -0.479 e. The molecule has 0 aliphatic rings. The average Bonchev–Trinajstić information content (AvgIpc) is 2.15. The summed E-state index contributed by atoms with van der Waals surface area (Å²) >= 11 is 0. The zero-order chi connectivity index (χ0) is 14.1. The molecule has 0 aromatic heterocycles. The normalized spacial score (nSPS) is 15.8. The third-order valence-corrected chi connectivity index (χ3v) is 1.82. The molecule has 0 aromatic carbocycles. The first kappa shape index (κ1) is 15.9. The summed E-state index contributed by atoms with van der Waals surface area (Å²) in [4.78, 5) is 9.77. The second-order valence-electron chi connectivity index (χ2n) is 3.04. The lowest BCUT2D eigenvalue weighted by Crippen LogP contribution is -2.60. The molecule has 0 aromatic rings. The van der Waals surface area contributed by atoms with Gasteiger partial charge in [-0.15, -0.1) is 0 Å². The van der Waals surface area contributed by atoms with E-state index in [-0.39, 0.29) is 0 Å². The van der Waals surface area contributed by atoms with Gasteiger partial charge in [-0.25, -0.2) is 9.18 Å². The van der Waals surface area contributed by atoms with E-state index >= 15 is 0 Å². The SMILES string of the molecule is O=C(O)C(F)C(F)(F)C(F)(F)C(F)(F)CCF. The Morgan fingerprint density at radius 1 is 1.12 bits per heavy atom. The Labute approximate surface area is 89.2 Å². The lowest BCUT2D eigenvalue weighted by Gasteiger charge is -2.32. The highest BCUT2D eigenvalue weighted by molar-refractivity contribution is 5.73. The molecule has 0 saturated heterocycles. The van der Waals surface area contributed by atoms with E-state index in [0.29, 0.717) is 0 Å². The van der Waals surface area contributed by atoms with Gasteiger partial charge in [-0.2, -0.15) is 26.3 Å². The van der Waals surface area contributed by atoms with Crippen molar-refractivity contribution >= 4 is 5.97 Å². The molecule has 1 N–H and O–H groups in total. The number of hydrogen-bond acceptors (Lipinski definition) is 1. The van der Waals surface area contributed by atoms with Gasteiger partial charge in [0, 0.05) is 6.42 Å². The highest BCUT2D eigenvalue weighted by atomic mass is 19.3. The summed E-state index contributed by atoms with van der Waals surface area (Å²) in [5, 5.41) is 7.77. The first-order valence-corrected chi connectivity index (χ1v) is 3.98. The van der Waals surface area contributed by atoms with E-state index in [1.165, 1.54) is 0 Å². The predicted octanol–water partition coefficient (Wildman–Crippen LogP) is 2.67. The number of carbonyl (C=O) groups is 1. The molecule has 0 fully saturated rings. The van der Waals surface area contributed by atoms with E-state index in [1.54, 1.807) is 0 Å². The highest BCUT2D eigenvalue weighted by Gasteiger charge is 2.75. The van der Waals surface area contributed by atoms with Crippen LogP contribution in [0.15, 0.2) is 0 Å². The maximum absolute atomic E-state index is 12.6. The molecule has 0 amide bonds. The Bertz CT molecular complexity index is 290. The minimum absolute atomic E-state index is 2.05. The lowest BCUT2D eigenvalue weighted by atomic mass is 9.98. The molecule has 1 atom stereocenters. The predicted molar refractivity (Wildman–Crippen MR) is 38.0 cm³/mol. The summed E-state index contributed by atoms with van der Waals surface area (Å²) in [6.45, 7) is -2.05. The maximum atomic E-state index is 12.6. The van der Waals surface area contributed by atoms with Gasteiger partial charge in [0.1, 0.15) is 0 Å². The van der Waals surface area contributed by atoms with Crippen LogP contribution in [-0.4, -0.2) is 41.7 Å². The van der Waals surface area contributed by atoms with Gasteiger partial charge >= 0.3 is 23.7 Å². The standard InChI is InChI=1S/C7H6F8O2/c8-2-1-5(10,11)7(14,15)6(12,13)3(9)4(16)17/h3H,1-2H2,(H,16,17). The third kappa shape index (κ3) is 2.60. The number of hydrogen-bond donors (Lipinski definition) is 1. The van der Waals surface area contributed by atoms with E-state index in [9.17, 15) is 39.9 Å². The van der Waals surface area contributed by atoms with Crippen molar-refractivity contribution in [1.29, 1.82) is 0 Å². The Morgan fingerprint density at radius 3 is 1.82 bits per heavy atom. The fourth-order valence-electron chi connectivity index (χ4n) is 0.834. The van der Waals surface area contributed by atoms with Crippen molar-refractivity contribution in [2.24, 2.45) is 0 Å². The molecule has 0 bridgehead atoms. The molecule has 1 unspecified atom stereocenters. The molecule has 0 rings (SSSR count). The van der Waals surface area contributed by atoms with Gasteiger partial charge in [0.05, 0.1) is 6.67 Å². The molecule has 102 valence electrons. The quantitative estimate of drug-likeness (QED) is 0.756. The van der Waals surface area contributed by atoms with Crippen molar-refractivity contribution in [3.8, 4) is 0 Å². The molecule has 0 spiro atoms. The van der Waals surface area contributed by atoms with E-state index in [1.807, 2.05) is 0 Å². The van der Waals surface area contributed by atoms with Crippen LogP contribution in [0.3, 0.4) is 0 Å².